The van der Waals surface area contributed by atoms with Gasteiger partial charge in [-0.1, -0.05) is 38.2 Å². The third kappa shape index (κ3) is 6.64. The standard InChI is InChI=1S/C32H52N2O7/c1-3-4-5-9-24(10-8-17-35)40-30(39)32-29(38)26-12-7-6-11-25(26)28(37)31(32,41-32)19-23(20-36)21(2)13-14-22-15-16-34-27(33)18-22/h22,24-27,34-36H,3-20,33H2,1-2H3/p+1/t22?,24-,25?,26?,27?,31+,32+/m1/s1. The number of rotatable bonds is 15. The second-order valence-corrected chi connectivity index (χ2v) is 13.1. The maximum absolute atomic E-state index is 14.1. The number of piperidine rings is 1. The van der Waals surface area contributed by atoms with E-state index in [0.717, 1.165) is 69.9 Å². The number of carbonyl (C=O) groups is 3. The third-order valence-corrected chi connectivity index (χ3v) is 10.2. The van der Waals surface area contributed by atoms with Crippen LogP contribution >= 0.6 is 0 Å². The highest BCUT2D eigenvalue weighted by atomic mass is 16.7. The van der Waals surface area contributed by atoms with Crippen molar-refractivity contribution in [3.05, 3.63) is 11.1 Å². The fourth-order valence-corrected chi connectivity index (χ4v) is 7.67. The molecule has 4 aliphatic rings. The van der Waals surface area contributed by atoms with E-state index in [1.165, 1.54) is 0 Å². The number of quaternary nitrogens is 1. The lowest BCUT2D eigenvalue weighted by Gasteiger charge is -2.37. The van der Waals surface area contributed by atoms with Crippen molar-refractivity contribution in [3.63, 3.8) is 0 Å². The van der Waals surface area contributed by atoms with Gasteiger partial charge in [0.25, 0.3) is 5.60 Å². The van der Waals surface area contributed by atoms with Gasteiger partial charge in [0.1, 0.15) is 12.3 Å². The van der Waals surface area contributed by atoms with E-state index >= 15 is 0 Å². The van der Waals surface area contributed by atoms with E-state index in [0.29, 0.717) is 43.6 Å². The lowest BCUT2D eigenvalue weighted by atomic mass is 9.60. The predicted octanol–water partition coefficient (Wildman–Crippen LogP) is 2.45. The van der Waals surface area contributed by atoms with E-state index in [1.807, 2.05) is 6.92 Å². The molecule has 0 spiro atoms. The smallest absolute Gasteiger partial charge is 0.350 e. The average Bonchev–Trinajstić information content (AvgIpc) is 3.68. The molecule has 2 saturated carbocycles. The first-order valence-electron chi connectivity index (χ1n) is 16.2. The number of unbranched alkanes of at least 4 members (excludes halogenated alkanes) is 2. The lowest BCUT2D eigenvalue weighted by molar-refractivity contribution is -0.699. The van der Waals surface area contributed by atoms with Crippen molar-refractivity contribution in [2.75, 3.05) is 19.8 Å². The van der Waals surface area contributed by atoms with Crippen LogP contribution in [0.5, 0.6) is 0 Å². The summed E-state index contributed by atoms with van der Waals surface area (Å²) in [6.07, 6.45) is 10.9. The van der Waals surface area contributed by atoms with E-state index in [-0.39, 0.29) is 37.4 Å². The Balaban J connectivity index is 1.58. The second-order valence-electron chi connectivity index (χ2n) is 13.1. The number of esters is 1. The van der Waals surface area contributed by atoms with Crippen LogP contribution < -0.4 is 11.1 Å². The van der Waals surface area contributed by atoms with Crippen molar-refractivity contribution < 1.29 is 39.4 Å². The van der Waals surface area contributed by atoms with Crippen molar-refractivity contribution in [1.29, 1.82) is 0 Å². The van der Waals surface area contributed by atoms with Crippen LogP contribution in [0.2, 0.25) is 0 Å². The zero-order valence-corrected chi connectivity index (χ0v) is 25.2. The van der Waals surface area contributed by atoms with Crippen LogP contribution in [0.3, 0.4) is 0 Å². The highest BCUT2D eigenvalue weighted by Gasteiger charge is 2.87. The van der Waals surface area contributed by atoms with Gasteiger partial charge in [-0.15, -0.1) is 0 Å². The molecule has 0 aromatic heterocycles. The van der Waals surface area contributed by atoms with Gasteiger partial charge in [0, 0.05) is 31.3 Å². The number of hydrogen-bond acceptors (Lipinski definition) is 8. The Morgan fingerprint density at radius 1 is 1.10 bits per heavy atom. The van der Waals surface area contributed by atoms with Crippen LogP contribution in [0, 0.1) is 17.8 Å². The molecule has 0 aromatic rings. The number of ketones is 2. The molecule has 0 radical (unpaired) electrons. The van der Waals surface area contributed by atoms with Gasteiger partial charge in [-0.25, -0.2) is 4.79 Å². The van der Waals surface area contributed by atoms with E-state index in [1.54, 1.807) is 0 Å². The molecule has 2 heterocycles. The largest absolute Gasteiger partial charge is 0.460 e. The van der Waals surface area contributed by atoms with E-state index in [4.69, 9.17) is 15.2 Å². The minimum Gasteiger partial charge on any atom is -0.460 e. The molecule has 7 atom stereocenters. The average molecular weight is 578 g/mol. The molecule has 2 saturated heterocycles. The number of allylic oxidation sites excluding steroid dienone is 1. The number of hydrogen-bond donors (Lipinski definition) is 4. The molecule has 9 heteroatoms. The van der Waals surface area contributed by atoms with Gasteiger partial charge in [-0.3, -0.25) is 15.3 Å². The van der Waals surface area contributed by atoms with Crippen LogP contribution in [-0.2, 0) is 23.9 Å². The van der Waals surface area contributed by atoms with Crippen LogP contribution in [0.4, 0.5) is 0 Å². The number of ether oxygens (including phenoxy) is 2. The molecule has 0 aromatic carbocycles. The molecule has 0 bridgehead atoms. The van der Waals surface area contributed by atoms with E-state index < -0.39 is 35.1 Å². The summed E-state index contributed by atoms with van der Waals surface area (Å²) in [5.41, 5.74) is 4.24. The molecule has 4 rings (SSSR count). The fraction of sp³-hybridized carbons (Fsp3) is 0.844. The van der Waals surface area contributed by atoms with Crippen molar-refractivity contribution in [2.24, 2.45) is 23.5 Å². The maximum Gasteiger partial charge on any atom is 0.350 e. The number of nitrogens with two attached hydrogens (primary N) is 2. The summed E-state index contributed by atoms with van der Waals surface area (Å²) < 4.78 is 12.1. The zero-order chi connectivity index (χ0) is 29.6. The van der Waals surface area contributed by atoms with Crippen molar-refractivity contribution in [3.8, 4) is 0 Å². The van der Waals surface area contributed by atoms with Gasteiger partial charge in [-0.05, 0) is 76.2 Å². The van der Waals surface area contributed by atoms with E-state index in [9.17, 15) is 24.6 Å². The Labute approximate surface area is 245 Å². The minimum atomic E-state index is -1.93. The first-order valence-corrected chi connectivity index (χ1v) is 16.2. The molecular formula is C32H53N2O7+. The Hall–Kier alpha value is -1.65. The highest BCUT2D eigenvalue weighted by molar-refractivity contribution is 6.23. The fourth-order valence-electron chi connectivity index (χ4n) is 7.67. The molecule has 0 amide bonds. The summed E-state index contributed by atoms with van der Waals surface area (Å²) in [6, 6.07) is 0. The highest BCUT2D eigenvalue weighted by Crippen LogP contribution is 2.62. The van der Waals surface area contributed by atoms with Crippen LogP contribution in [0.25, 0.3) is 0 Å². The van der Waals surface area contributed by atoms with Gasteiger partial charge in [0.05, 0.1) is 13.2 Å². The zero-order valence-electron chi connectivity index (χ0n) is 25.2. The van der Waals surface area contributed by atoms with Gasteiger partial charge >= 0.3 is 5.97 Å². The molecule has 2 aliphatic carbocycles. The summed E-state index contributed by atoms with van der Waals surface area (Å²) >= 11 is 0. The molecule has 4 fully saturated rings. The molecule has 41 heavy (non-hydrogen) atoms. The first kappa shape index (κ1) is 32.3. The summed E-state index contributed by atoms with van der Waals surface area (Å²) in [5.74, 6) is -1.71. The number of carbonyl (C=O) groups excluding carboxylic acids is 3. The summed E-state index contributed by atoms with van der Waals surface area (Å²) in [5, 5.41) is 22.0. The molecule has 4 unspecified atom stereocenters. The third-order valence-electron chi connectivity index (χ3n) is 10.2. The van der Waals surface area contributed by atoms with E-state index in [2.05, 4.69) is 12.2 Å². The SMILES string of the molecule is CCCCC[C@H](CCCO)OC(=O)[C@]12O[C@@]1(CC(CO)=C(C)CCC1CC[NH2+]C(N)C1)C(=O)C1CCCCC1C2=O. The number of epoxide rings is 1. The van der Waals surface area contributed by atoms with Crippen molar-refractivity contribution in [1.82, 2.24) is 0 Å². The minimum absolute atomic E-state index is 0.0104. The monoisotopic (exact) mass is 577 g/mol. The Morgan fingerprint density at radius 3 is 2.46 bits per heavy atom. The predicted molar refractivity (Wildman–Crippen MR) is 153 cm³/mol. The number of fused-ring (bicyclic) bond motifs is 2. The quantitative estimate of drug-likeness (QED) is 0.0760. The van der Waals surface area contributed by atoms with Crippen LogP contribution in [0.1, 0.15) is 110 Å². The Morgan fingerprint density at radius 2 is 1.80 bits per heavy atom. The number of Topliss-reactive ketones (excluding diaryl/α,β-unsaturated/α-hetero) is 2. The van der Waals surface area contributed by atoms with Crippen LogP contribution in [-0.4, -0.2) is 71.0 Å². The normalized spacial score (nSPS) is 34.4. The lowest BCUT2D eigenvalue weighted by Crippen LogP contribution is -2.94. The molecule has 6 N–H and O–H groups in total. The van der Waals surface area contributed by atoms with Crippen molar-refractivity contribution in [2.45, 2.75) is 134 Å². The van der Waals surface area contributed by atoms with Gasteiger partial charge < -0.3 is 25.0 Å². The molecule has 2 aliphatic heterocycles. The number of aliphatic hydroxyl groups excluding tert-OH is 2. The second kappa shape index (κ2) is 14.2. The Kier molecular flexibility index (Phi) is 11.2. The first-order chi connectivity index (χ1) is 19.7. The topological polar surface area (TPSA) is 156 Å². The summed E-state index contributed by atoms with van der Waals surface area (Å²) in [6.45, 7) is 4.82. The summed E-state index contributed by atoms with van der Waals surface area (Å²) in [4.78, 5) is 42.1. The van der Waals surface area contributed by atoms with Crippen LogP contribution in [0.15, 0.2) is 11.1 Å². The van der Waals surface area contributed by atoms with Gasteiger partial charge in [0.15, 0.2) is 17.2 Å². The maximum atomic E-state index is 14.1. The Bertz CT molecular complexity index is 983. The number of aliphatic hydroxyl groups is 2. The molecule has 232 valence electrons. The molecule has 9 nitrogen and oxygen atoms in total. The van der Waals surface area contributed by atoms with Gasteiger partial charge in [0.2, 0.25) is 0 Å². The van der Waals surface area contributed by atoms with Gasteiger partial charge in [-0.2, -0.15) is 0 Å². The summed E-state index contributed by atoms with van der Waals surface area (Å²) in [7, 11) is 0. The van der Waals surface area contributed by atoms with Crippen molar-refractivity contribution >= 4 is 17.5 Å². The molecular weight excluding hydrogens is 524 g/mol.